The van der Waals surface area contributed by atoms with Crippen molar-refractivity contribution in [1.29, 1.82) is 0 Å². The van der Waals surface area contributed by atoms with E-state index in [0.29, 0.717) is 24.7 Å². The van der Waals surface area contributed by atoms with Crippen molar-refractivity contribution in [3.63, 3.8) is 0 Å². The number of carbonyl (C=O) groups excluding carboxylic acids is 1. The minimum atomic E-state index is -0.261. The second-order valence-electron chi connectivity index (χ2n) is 7.22. The molecule has 0 heterocycles. The molecule has 0 saturated heterocycles. The molecule has 3 rings (SSSR count). The van der Waals surface area contributed by atoms with Crippen LogP contribution in [-0.2, 0) is 11.4 Å². The van der Waals surface area contributed by atoms with E-state index in [2.05, 4.69) is 10.5 Å². The summed E-state index contributed by atoms with van der Waals surface area (Å²) in [7, 11) is 0. The van der Waals surface area contributed by atoms with Crippen molar-refractivity contribution < 1.29 is 14.3 Å². The first kappa shape index (κ1) is 23.4. The minimum absolute atomic E-state index is 0.153. The Hall–Kier alpha value is -3.25. The Morgan fingerprint density at radius 1 is 1.03 bits per heavy atom. The van der Waals surface area contributed by atoms with Gasteiger partial charge in [0, 0.05) is 4.90 Å². The Kier molecular flexibility index (Phi) is 8.75. The van der Waals surface area contributed by atoms with Gasteiger partial charge in [0.25, 0.3) is 5.91 Å². The van der Waals surface area contributed by atoms with Crippen molar-refractivity contribution in [1.82, 2.24) is 5.43 Å². The molecule has 0 spiro atoms. The molecule has 0 unspecified atom stereocenters. The molecular formula is C26H28N2O3S. The highest BCUT2D eigenvalue weighted by molar-refractivity contribution is 8.00. The van der Waals surface area contributed by atoms with Crippen LogP contribution in [0.15, 0.2) is 82.8 Å². The van der Waals surface area contributed by atoms with Crippen LogP contribution in [0.2, 0.25) is 0 Å². The Morgan fingerprint density at radius 2 is 1.78 bits per heavy atom. The number of aryl methyl sites for hydroxylation is 1. The predicted octanol–water partition coefficient (Wildman–Crippen LogP) is 5.60. The standard InChI is InChI=1S/C26H28N2O3S/c1-4-30-25-16-22(12-15-24(25)31-18-21-8-6-5-7-9-21)17-27-28-26(29)20(3)32-23-13-10-19(2)11-14-23/h5-17,20H,4,18H2,1-3H3,(H,28,29)/b27-17-/t20-/m0/s1. The van der Waals surface area contributed by atoms with Gasteiger partial charge in [-0.2, -0.15) is 5.10 Å². The zero-order valence-electron chi connectivity index (χ0n) is 18.6. The van der Waals surface area contributed by atoms with Crippen LogP contribution >= 0.6 is 11.8 Å². The van der Waals surface area contributed by atoms with Crippen LogP contribution < -0.4 is 14.9 Å². The molecule has 1 N–H and O–H groups in total. The van der Waals surface area contributed by atoms with Crippen LogP contribution in [0, 0.1) is 6.92 Å². The van der Waals surface area contributed by atoms with Crippen molar-refractivity contribution in [2.45, 2.75) is 37.5 Å². The van der Waals surface area contributed by atoms with E-state index in [-0.39, 0.29) is 11.2 Å². The maximum absolute atomic E-state index is 12.4. The van der Waals surface area contributed by atoms with Crippen LogP contribution in [0.5, 0.6) is 11.5 Å². The van der Waals surface area contributed by atoms with Crippen molar-refractivity contribution in [3.05, 3.63) is 89.5 Å². The fourth-order valence-corrected chi connectivity index (χ4v) is 3.72. The lowest BCUT2D eigenvalue weighted by Crippen LogP contribution is -2.26. The fraction of sp³-hybridized carbons (Fsp3) is 0.231. The molecule has 1 atom stereocenters. The lowest BCUT2D eigenvalue weighted by molar-refractivity contribution is -0.120. The Labute approximate surface area is 193 Å². The van der Waals surface area contributed by atoms with Gasteiger partial charge in [0.05, 0.1) is 18.1 Å². The van der Waals surface area contributed by atoms with E-state index in [9.17, 15) is 4.79 Å². The molecule has 1 amide bonds. The van der Waals surface area contributed by atoms with Crippen molar-refractivity contribution in [3.8, 4) is 11.5 Å². The van der Waals surface area contributed by atoms with Gasteiger partial charge in [-0.15, -0.1) is 11.8 Å². The van der Waals surface area contributed by atoms with E-state index >= 15 is 0 Å². The molecule has 3 aromatic carbocycles. The van der Waals surface area contributed by atoms with Gasteiger partial charge in [0.2, 0.25) is 0 Å². The number of ether oxygens (including phenoxy) is 2. The average Bonchev–Trinajstić information content (AvgIpc) is 2.81. The number of carbonyl (C=O) groups is 1. The van der Waals surface area contributed by atoms with E-state index < -0.39 is 0 Å². The first-order valence-electron chi connectivity index (χ1n) is 10.5. The van der Waals surface area contributed by atoms with Crippen molar-refractivity contribution in [2.75, 3.05) is 6.61 Å². The van der Waals surface area contributed by atoms with Gasteiger partial charge in [0.15, 0.2) is 11.5 Å². The number of nitrogens with zero attached hydrogens (tertiary/aromatic N) is 1. The van der Waals surface area contributed by atoms with E-state index in [1.54, 1.807) is 6.21 Å². The summed E-state index contributed by atoms with van der Waals surface area (Å²) in [4.78, 5) is 13.4. The third kappa shape index (κ3) is 7.17. The van der Waals surface area contributed by atoms with E-state index in [4.69, 9.17) is 9.47 Å². The molecule has 0 aliphatic carbocycles. The lowest BCUT2D eigenvalue weighted by Gasteiger charge is -2.13. The van der Waals surface area contributed by atoms with E-state index in [0.717, 1.165) is 16.0 Å². The maximum Gasteiger partial charge on any atom is 0.253 e. The SMILES string of the molecule is CCOc1cc(/C=N\NC(=O)[C@H](C)Sc2ccc(C)cc2)ccc1OCc1ccccc1. The van der Waals surface area contributed by atoms with Gasteiger partial charge < -0.3 is 9.47 Å². The maximum atomic E-state index is 12.4. The molecular weight excluding hydrogens is 420 g/mol. The number of rotatable bonds is 10. The molecule has 5 nitrogen and oxygen atoms in total. The molecule has 0 fully saturated rings. The number of hydrogen-bond acceptors (Lipinski definition) is 5. The number of thioether (sulfide) groups is 1. The molecule has 166 valence electrons. The zero-order chi connectivity index (χ0) is 22.8. The smallest absolute Gasteiger partial charge is 0.253 e. The molecule has 6 heteroatoms. The minimum Gasteiger partial charge on any atom is -0.490 e. The molecule has 32 heavy (non-hydrogen) atoms. The second kappa shape index (κ2) is 12.0. The highest BCUT2D eigenvalue weighted by atomic mass is 32.2. The van der Waals surface area contributed by atoms with Crippen molar-refractivity contribution >= 4 is 23.9 Å². The summed E-state index contributed by atoms with van der Waals surface area (Å²) in [6.45, 7) is 6.81. The van der Waals surface area contributed by atoms with Gasteiger partial charge in [-0.05, 0) is 62.2 Å². The third-order valence-corrected chi connectivity index (χ3v) is 5.71. The van der Waals surface area contributed by atoms with Gasteiger partial charge in [-0.1, -0.05) is 48.0 Å². The van der Waals surface area contributed by atoms with Gasteiger partial charge >= 0.3 is 0 Å². The Morgan fingerprint density at radius 3 is 2.50 bits per heavy atom. The molecule has 0 bridgehead atoms. The van der Waals surface area contributed by atoms with E-state index in [1.165, 1.54) is 17.3 Å². The molecule has 0 aliphatic heterocycles. The summed E-state index contributed by atoms with van der Waals surface area (Å²) in [5, 5.41) is 3.85. The summed E-state index contributed by atoms with van der Waals surface area (Å²) in [6.07, 6.45) is 1.60. The molecule has 3 aromatic rings. The molecule has 0 aromatic heterocycles. The Balaban J connectivity index is 1.57. The highest BCUT2D eigenvalue weighted by Crippen LogP contribution is 2.29. The number of benzene rings is 3. The first-order valence-corrected chi connectivity index (χ1v) is 11.4. The first-order chi connectivity index (χ1) is 15.5. The molecule has 0 radical (unpaired) electrons. The van der Waals surface area contributed by atoms with Gasteiger partial charge in [-0.3, -0.25) is 4.79 Å². The van der Waals surface area contributed by atoms with Crippen LogP contribution in [0.4, 0.5) is 0 Å². The highest BCUT2D eigenvalue weighted by Gasteiger charge is 2.13. The van der Waals surface area contributed by atoms with Crippen molar-refractivity contribution in [2.24, 2.45) is 5.10 Å². The molecule has 0 aliphatic rings. The summed E-state index contributed by atoms with van der Waals surface area (Å²) in [5.74, 6) is 1.15. The summed E-state index contributed by atoms with van der Waals surface area (Å²) >= 11 is 1.50. The predicted molar refractivity (Wildman–Crippen MR) is 131 cm³/mol. The number of hydrogen-bond donors (Lipinski definition) is 1. The monoisotopic (exact) mass is 448 g/mol. The number of nitrogens with one attached hydrogen (secondary N) is 1. The van der Waals surface area contributed by atoms with Crippen LogP contribution in [0.3, 0.4) is 0 Å². The number of hydrazone groups is 1. The van der Waals surface area contributed by atoms with Gasteiger partial charge in [-0.25, -0.2) is 5.43 Å². The van der Waals surface area contributed by atoms with Crippen LogP contribution in [-0.4, -0.2) is 24.0 Å². The topological polar surface area (TPSA) is 59.9 Å². The summed E-state index contributed by atoms with van der Waals surface area (Å²) in [5.41, 5.74) is 5.70. The van der Waals surface area contributed by atoms with Crippen LogP contribution in [0.1, 0.15) is 30.5 Å². The zero-order valence-corrected chi connectivity index (χ0v) is 19.4. The second-order valence-corrected chi connectivity index (χ2v) is 8.64. The van der Waals surface area contributed by atoms with Crippen LogP contribution in [0.25, 0.3) is 0 Å². The fourth-order valence-electron chi connectivity index (χ4n) is 2.86. The summed E-state index contributed by atoms with van der Waals surface area (Å²) in [6, 6.07) is 23.7. The largest absolute Gasteiger partial charge is 0.490 e. The summed E-state index contributed by atoms with van der Waals surface area (Å²) < 4.78 is 11.7. The lowest BCUT2D eigenvalue weighted by atomic mass is 10.2. The van der Waals surface area contributed by atoms with Gasteiger partial charge in [0.1, 0.15) is 6.61 Å². The quantitative estimate of drug-likeness (QED) is 0.249. The third-order valence-electron chi connectivity index (χ3n) is 4.60. The van der Waals surface area contributed by atoms with E-state index in [1.807, 2.05) is 93.6 Å². The molecule has 0 saturated carbocycles. The number of amides is 1. The average molecular weight is 449 g/mol. The Bertz CT molecular complexity index is 1040. The normalized spacial score (nSPS) is 11.8.